The summed E-state index contributed by atoms with van der Waals surface area (Å²) in [5, 5.41) is 4.68. The van der Waals surface area contributed by atoms with Crippen LogP contribution in [0.25, 0.3) is 0 Å². The van der Waals surface area contributed by atoms with Gasteiger partial charge in [0.2, 0.25) is 0 Å². The SMILES string of the molecule is CCCNC(C)c1sc(C2(OCC)CCOCC2)nc1C. The van der Waals surface area contributed by atoms with Crippen LogP contribution in [0.5, 0.6) is 0 Å². The molecule has 0 amide bonds. The summed E-state index contributed by atoms with van der Waals surface area (Å²) in [5.41, 5.74) is 0.905. The Kier molecular flexibility index (Phi) is 6.17. The third-order valence-electron chi connectivity index (χ3n) is 4.04. The molecular formula is C16H28N2O2S. The maximum absolute atomic E-state index is 6.13. The van der Waals surface area contributed by atoms with E-state index in [4.69, 9.17) is 14.5 Å². The molecule has 0 radical (unpaired) electrons. The average molecular weight is 312 g/mol. The molecule has 0 spiro atoms. The van der Waals surface area contributed by atoms with Crippen molar-refractivity contribution in [2.45, 2.75) is 58.6 Å². The van der Waals surface area contributed by atoms with E-state index in [0.717, 1.165) is 56.3 Å². The highest BCUT2D eigenvalue weighted by molar-refractivity contribution is 7.12. The number of aryl methyl sites for hydroxylation is 1. The van der Waals surface area contributed by atoms with Gasteiger partial charge in [-0.1, -0.05) is 6.92 Å². The summed E-state index contributed by atoms with van der Waals surface area (Å²) in [5.74, 6) is 0. The number of hydrogen-bond acceptors (Lipinski definition) is 5. The number of nitrogens with zero attached hydrogens (tertiary/aromatic N) is 1. The fourth-order valence-electron chi connectivity index (χ4n) is 2.86. The van der Waals surface area contributed by atoms with Gasteiger partial charge >= 0.3 is 0 Å². The van der Waals surface area contributed by atoms with Crippen LogP contribution in [-0.4, -0.2) is 31.3 Å². The number of nitrogens with one attached hydrogen (secondary N) is 1. The Morgan fingerprint density at radius 2 is 2.10 bits per heavy atom. The molecule has 1 N–H and O–H groups in total. The van der Waals surface area contributed by atoms with Crippen molar-refractivity contribution < 1.29 is 9.47 Å². The molecule has 2 heterocycles. The number of rotatable bonds is 7. The first-order chi connectivity index (χ1) is 10.1. The Balaban J connectivity index is 2.22. The van der Waals surface area contributed by atoms with Gasteiger partial charge in [-0.05, 0) is 33.7 Å². The average Bonchev–Trinajstić information content (AvgIpc) is 2.89. The van der Waals surface area contributed by atoms with E-state index in [9.17, 15) is 0 Å². The van der Waals surface area contributed by atoms with Crippen LogP contribution < -0.4 is 5.32 Å². The quantitative estimate of drug-likeness (QED) is 0.836. The molecule has 1 atom stereocenters. The molecule has 4 nitrogen and oxygen atoms in total. The molecule has 1 saturated heterocycles. The van der Waals surface area contributed by atoms with E-state index >= 15 is 0 Å². The van der Waals surface area contributed by atoms with E-state index in [0.29, 0.717) is 6.04 Å². The molecule has 1 fully saturated rings. The van der Waals surface area contributed by atoms with Crippen LogP contribution in [0.1, 0.15) is 61.7 Å². The Morgan fingerprint density at radius 1 is 1.38 bits per heavy atom. The summed E-state index contributed by atoms with van der Waals surface area (Å²) in [6.07, 6.45) is 2.96. The van der Waals surface area contributed by atoms with E-state index in [1.54, 1.807) is 0 Å². The smallest absolute Gasteiger partial charge is 0.125 e. The zero-order valence-corrected chi connectivity index (χ0v) is 14.5. The summed E-state index contributed by atoms with van der Waals surface area (Å²) < 4.78 is 11.6. The summed E-state index contributed by atoms with van der Waals surface area (Å²) in [6.45, 7) is 11.9. The van der Waals surface area contributed by atoms with Gasteiger partial charge < -0.3 is 14.8 Å². The predicted molar refractivity (Wildman–Crippen MR) is 86.9 cm³/mol. The van der Waals surface area contributed by atoms with Gasteiger partial charge in [-0.25, -0.2) is 4.98 Å². The lowest BCUT2D eigenvalue weighted by molar-refractivity contribution is -0.112. The molecule has 0 aromatic carbocycles. The van der Waals surface area contributed by atoms with Crippen molar-refractivity contribution in [2.75, 3.05) is 26.4 Å². The fourth-order valence-corrected chi connectivity index (χ4v) is 4.15. The second-order valence-electron chi connectivity index (χ2n) is 5.68. The molecule has 5 heteroatoms. The third kappa shape index (κ3) is 3.83. The molecule has 1 unspecified atom stereocenters. The van der Waals surface area contributed by atoms with E-state index < -0.39 is 0 Å². The molecule has 0 bridgehead atoms. The lowest BCUT2D eigenvalue weighted by Crippen LogP contribution is -2.36. The van der Waals surface area contributed by atoms with Crippen molar-refractivity contribution in [1.29, 1.82) is 0 Å². The van der Waals surface area contributed by atoms with Gasteiger partial charge in [0.15, 0.2) is 0 Å². The molecule has 21 heavy (non-hydrogen) atoms. The van der Waals surface area contributed by atoms with Crippen molar-refractivity contribution in [3.05, 3.63) is 15.6 Å². The fraction of sp³-hybridized carbons (Fsp3) is 0.812. The summed E-state index contributed by atoms with van der Waals surface area (Å²) in [6, 6.07) is 0.356. The van der Waals surface area contributed by atoms with Crippen molar-refractivity contribution in [3.8, 4) is 0 Å². The first-order valence-corrected chi connectivity index (χ1v) is 8.87. The van der Waals surface area contributed by atoms with Crippen LogP contribution in [0, 0.1) is 6.92 Å². The topological polar surface area (TPSA) is 43.4 Å². The first kappa shape index (κ1) is 16.9. The molecule has 0 aliphatic carbocycles. The van der Waals surface area contributed by atoms with Crippen molar-refractivity contribution in [1.82, 2.24) is 10.3 Å². The van der Waals surface area contributed by atoms with Crippen LogP contribution >= 0.6 is 11.3 Å². The normalized spacial score (nSPS) is 19.6. The van der Waals surface area contributed by atoms with Gasteiger partial charge in [0.25, 0.3) is 0 Å². The third-order valence-corrected chi connectivity index (χ3v) is 5.56. The predicted octanol–water partition coefficient (Wildman–Crippen LogP) is 3.55. The lowest BCUT2D eigenvalue weighted by atomic mass is 9.95. The molecule has 1 aliphatic heterocycles. The Hall–Kier alpha value is -0.490. The van der Waals surface area contributed by atoms with Crippen LogP contribution in [0.2, 0.25) is 0 Å². The van der Waals surface area contributed by atoms with Crippen LogP contribution in [0.4, 0.5) is 0 Å². The number of hydrogen-bond donors (Lipinski definition) is 1. The largest absolute Gasteiger partial charge is 0.381 e. The maximum atomic E-state index is 6.13. The highest BCUT2D eigenvalue weighted by Crippen LogP contribution is 2.40. The molecule has 1 aliphatic rings. The zero-order valence-electron chi connectivity index (χ0n) is 13.7. The standard InChI is InChI=1S/C16H28N2O2S/c1-5-9-17-12(3)14-13(4)18-15(21-14)16(20-6-2)7-10-19-11-8-16/h12,17H,5-11H2,1-4H3. The van der Waals surface area contributed by atoms with Gasteiger partial charge in [-0.15, -0.1) is 11.3 Å². The van der Waals surface area contributed by atoms with Crippen molar-refractivity contribution >= 4 is 11.3 Å². The van der Waals surface area contributed by atoms with Crippen LogP contribution in [0.15, 0.2) is 0 Å². The lowest BCUT2D eigenvalue weighted by Gasteiger charge is -2.35. The monoisotopic (exact) mass is 312 g/mol. The van der Waals surface area contributed by atoms with Gasteiger partial charge in [0.05, 0.1) is 5.69 Å². The zero-order chi connectivity index (χ0) is 15.3. The van der Waals surface area contributed by atoms with Crippen LogP contribution in [-0.2, 0) is 15.1 Å². The molecule has 1 aromatic rings. The first-order valence-electron chi connectivity index (χ1n) is 8.06. The Morgan fingerprint density at radius 3 is 2.71 bits per heavy atom. The van der Waals surface area contributed by atoms with E-state index in [1.807, 2.05) is 11.3 Å². The summed E-state index contributed by atoms with van der Waals surface area (Å²) in [7, 11) is 0. The molecular weight excluding hydrogens is 284 g/mol. The minimum Gasteiger partial charge on any atom is -0.381 e. The molecule has 1 aromatic heterocycles. The number of aromatic nitrogens is 1. The number of ether oxygens (including phenoxy) is 2. The maximum Gasteiger partial charge on any atom is 0.125 e. The molecule has 0 saturated carbocycles. The van der Waals surface area contributed by atoms with Gasteiger partial charge in [-0.3, -0.25) is 0 Å². The summed E-state index contributed by atoms with van der Waals surface area (Å²) in [4.78, 5) is 6.19. The Labute approximate surface area is 132 Å². The van der Waals surface area contributed by atoms with Crippen LogP contribution in [0.3, 0.4) is 0 Å². The van der Waals surface area contributed by atoms with Gasteiger partial charge in [-0.2, -0.15) is 0 Å². The van der Waals surface area contributed by atoms with E-state index in [1.165, 1.54) is 4.88 Å². The second-order valence-corrected chi connectivity index (χ2v) is 6.71. The van der Waals surface area contributed by atoms with Gasteiger partial charge in [0, 0.05) is 43.6 Å². The molecule has 2 rings (SSSR count). The summed E-state index contributed by atoms with van der Waals surface area (Å²) >= 11 is 1.81. The highest BCUT2D eigenvalue weighted by Gasteiger charge is 2.38. The minimum absolute atomic E-state index is 0.231. The molecule has 120 valence electrons. The van der Waals surface area contributed by atoms with Gasteiger partial charge in [0.1, 0.15) is 10.6 Å². The van der Waals surface area contributed by atoms with E-state index in [2.05, 4.69) is 33.0 Å². The second kappa shape index (κ2) is 7.68. The number of thiazole rings is 1. The Bertz CT molecular complexity index is 436. The highest BCUT2D eigenvalue weighted by atomic mass is 32.1. The minimum atomic E-state index is -0.231. The van der Waals surface area contributed by atoms with E-state index in [-0.39, 0.29) is 5.60 Å². The van der Waals surface area contributed by atoms with Crippen molar-refractivity contribution in [2.24, 2.45) is 0 Å². The van der Waals surface area contributed by atoms with Crippen molar-refractivity contribution in [3.63, 3.8) is 0 Å².